The zero-order chi connectivity index (χ0) is 13.9. The molecule has 110 valence electrons. The van der Waals surface area contributed by atoms with Gasteiger partial charge in [0, 0.05) is 12.1 Å². The molecule has 1 aliphatic carbocycles. The van der Waals surface area contributed by atoms with E-state index in [2.05, 4.69) is 6.92 Å². The van der Waals surface area contributed by atoms with Crippen molar-refractivity contribution in [1.82, 2.24) is 0 Å². The van der Waals surface area contributed by atoms with E-state index in [0.717, 1.165) is 54.6 Å². The molecule has 0 aromatic heterocycles. The van der Waals surface area contributed by atoms with Crippen molar-refractivity contribution in [2.24, 2.45) is 11.7 Å². The normalized spacial score (nSPS) is 18.1. The van der Waals surface area contributed by atoms with E-state index in [0.29, 0.717) is 6.79 Å². The average molecular weight is 277 g/mol. The van der Waals surface area contributed by atoms with Crippen LogP contribution in [0.5, 0.6) is 17.2 Å². The number of ether oxygens (including phenoxy) is 3. The van der Waals surface area contributed by atoms with E-state index in [4.69, 9.17) is 19.9 Å². The van der Waals surface area contributed by atoms with Crippen molar-refractivity contribution in [2.45, 2.75) is 45.1 Å². The lowest BCUT2D eigenvalue weighted by Gasteiger charge is -2.15. The Morgan fingerprint density at radius 1 is 1.30 bits per heavy atom. The van der Waals surface area contributed by atoms with Crippen LogP contribution in [-0.4, -0.2) is 19.4 Å². The van der Waals surface area contributed by atoms with E-state index >= 15 is 0 Å². The Balaban J connectivity index is 1.73. The number of hydrogen-bond acceptors (Lipinski definition) is 4. The first-order chi connectivity index (χ1) is 9.76. The standard InChI is InChI=1S/C16H23NO3/c1-2-13(17)7-12-8-15-16(20-10-19-15)9-14(12)18-6-5-11-3-4-11/h8-9,11,13H,2-7,10,17H2,1H3. The molecule has 0 amide bonds. The van der Waals surface area contributed by atoms with Crippen LogP contribution in [-0.2, 0) is 6.42 Å². The third-order valence-electron chi connectivity index (χ3n) is 4.04. The molecule has 4 heteroatoms. The molecule has 0 saturated heterocycles. The van der Waals surface area contributed by atoms with Gasteiger partial charge in [0.25, 0.3) is 0 Å². The average Bonchev–Trinajstić information content (AvgIpc) is 3.16. The van der Waals surface area contributed by atoms with Crippen LogP contribution in [0.1, 0.15) is 38.2 Å². The van der Waals surface area contributed by atoms with Gasteiger partial charge in [0.05, 0.1) is 6.61 Å². The van der Waals surface area contributed by atoms with Gasteiger partial charge in [-0.15, -0.1) is 0 Å². The Morgan fingerprint density at radius 2 is 2.05 bits per heavy atom. The minimum atomic E-state index is 0.154. The third-order valence-corrected chi connectivity index (χ3v) is 4.04. The second kappa shape index (κ2) is 5.92. The highest BCUT2D eigenvalue weighted by atomic mass is 16.7. The minimum absolute atomic E-state index is 0.154. The fraction of sp³-hybridized carbons (Fsp3) is 0.625. The molecule has 1 saturated carbocycles. The lowest BCUT2D eigenvalue weighted by atomic mass is 10.0. The summed E-state index contributed by atoms with van der Waals surface area (Å²) >= 11 is 0. The van der Waals surface area contributed by atoms with Crippen LogP contribution in [0.4, 0.5) is 0 Å². The molecule has 2 N–H and O–H groups in total. The summed E-state index contributed by atoms with van der Waals surface area (Å²) in [5.41, 5.74) is 7.20. The number of hydrogen-bond donors (Lipinski definition) is 1. The van der Waals surface area contributed by atoms with Gasteiger partial charge in [0.2, 0.25) is 6.79 Å². The first kappa shape index (κ1) is 13.6. The van der Waals surface area contributed by atoms with Crippen LogP contribution < -0.4 is 19.9 Å². The Hall–Kier alpha value is -1.42. The minimum Gasteiger partial charge on any atom is -0.493 e. The van der Waals surface area contributed by atoms with Crippen molar-refractivity contribution in [3.05, 3.63) is 17.7 Å². The van der Waals surface area contributed by atoms with Crippen molar-refractivity contribution in [2.75, 3.05) is 13.4 Å². The van der Waals surface area contributed by atoms with Crippen LogP contribution in [0.15, 0.2) is 12.1 Å². The Morgan fingerprint density at radius 3 is 2.75 bits per heavy atom. The van der Waals surface area contributed by atoms with Gasteiger partial charge in [-0.05, 0) is 36.8 Å². The summed E-state index contributed by atoms with van der Waals surface area (Å²) in [6, 6.07) is 4.12. The van der Waals surface area contributed by atoms with Gasteiger partial charge in [-0.25, -0.2) is 0 Å². The highest BCUT2D eigenvalue weighted by Gasteiger charge is 2.22. The van der Waals surface area contributed by atoms with Crippen LogP contribution in [0.2, 0.25) is 0 Å². The van der Waals surface area contributed by atoms with Gasteiger partial charge < -0.3 is 19.9 Å². The first-order valence-corrected chi connectivity index (χ1v) is 7.57. The maximum absolute atomic E-state index is 6.08. The lowest BCUT2D eigenvalue weighted by Crippen LogP contribution is -2.21. The second-order valence-electron chi connectivity index (χ2n) is 5.77. The molecular weight excluding hydrogens is 254 g/mol. The van der Waals surface area contributed by atoms with Crippen LogP contribution in [0, 0.1) is 5.92 Å². The van der Waals surface area contributed by atoms with Gasteiger partial charge in [0.15, 0.2) is 11.5 Å². The van der Waals surface area contributed by atoms with E-state index in [1.54, 1.807) is 0 Å². The molecule has 0 bridgehead atoms. The number of nitrogens with two attached hydrogens (primary N) is 1. The van der Waals surface area contributed by atoms with E-state index < -0.39 is 0 Å². The predicted molar refractivity (Wildman–Crippen MR) is 77.4 cm³/mol. The molecule has 1 fully saturated rings. The Bertz CT molecular complexity index is 471. The molecule has 4 nitrogen and oxygen atoms in total. The van der Waals surface area contributed by atoms with Gasteiger partial charge in [-0.2, -0.15) is 0 Å². The maximum atomic E-state index is 6.08. The van der Waals surface area contributed by atoms with E-state index in [9.17, 15) is 0 Å². The zero-order valence-electron chi connectivity index (χ0n) is 12.1. The largest absolute Gasteiger partial charge is 0.493 e. The molecule has 0 radical (unpaired) electrons. The number of fused-ring (bicyclic) bond motifs is 1. The molecule has 1 aromatic rings. The van der Waals surface area contributed by atoms with Crippen molar-refractivity contribution >= 4 is 0 Å². The molecule has 1 heterocycles. The van der Waals surface area contributed by atoms with E-state index in [1.807, 2.05) is 12.1 Å². The van der Waals surface area contributed by atoms with Crippen LogP contribution >= 0.6 is 0 Å². The molecule has 1 aliphatic heterocycles. The van der Waals surface area contributed by atoms with Crippen molar-refractivity contribution < 1.29 is 14.2 Å². The predicted octanol–water partition coefficient (Wildman–Crippen LogP) is 2.87. The number of benzene rings is 1. The van der Waals surface area contributed by atoms with Crippen molar-refractivity contribution in [1.29, 1.82) is 0 Å². The zero-order valence-corrected chi connectivity index (χ0v) is 12.1. The molecular formula is C16H23NO3. The monoisotopic (exact) mass is 277 g/mol. The van der Waals surface area contributed by atoms with E-state index in [1.165, 1.54) is 12.8 Å². The number of rotatable bonds is 7. The highest BCUT2D eigenvalue weighted by Crippen LogP contribution is 2.39. The summed E-state index contributed by atoms with van der Waals surface area (Å²) in [6.45, 7) is 3.17. The molecule has 2 aliphatic rings. The summed E-state index contributed by atoms with van der Waals surface area (Å²) in [5.74, 6) is 3.36. The Kier molecular flexibility index (Phi) is 4.01. The van der Waals surface area contributed by atoms with Gasteiger partial charge in [-0.3, -0.25) is 0 Å². The lowest BCUT2D eigenvalue weighted by molar-refractivity contribution is 0.173. The smallest absolute Gasteiger partial charge is 0.231 e. The fourth-order valence-corrected chi connectivity index (χ4v) is 2.43. The SMILES string of the molecule is CCC(N)Cc1cc2c(cc1OCCC1CC1)OCO2. The molecule has 1 unspecified atom stereocenters. The molecule has 3 rings (SSSR count). The van der Waals surface area contributed by atoms with E-state index in [-0.39, 0.29) is 6.04 Å². The summed E-state index contributed by atoms with van der Waals surface area (Å²) in [4.78, 5) is 0. The quantitative estimate of drug-likeness (QED) is 0.832. The van der Waals surface area contributed by atoms with Crippen molar-refractivity contribution in [3.63, 3.8) is 0 Å². The summed E-state index contributed by atoms with van der Waals surface area (Å²) in [7, 11) is 0. The molecule has 1 aromatic carbocycles. The molecule has 0 spiro atoms. The summed E-state index contributed by atoms with van der Waals surface area (Å²) in [5, 5.41) is 0. The first-order valence-electron chi connectivity index (χ1n) is 7.57. The fourth-order valence-electron chi connectivity index (χ4n) is 2.43. The topological polar surface area (TPSA) is 53.7 Å². The van der Waals surface area contributed by atoms with Gasteiger partial charge in [0.1, 0.15) is 5.75 Å². The van der Waals surface area contributed by atoms with Crippen LogP contribution in [0.25, 0.3) is 0 Å². The molecule has 20 heavy (non-hydrogen) atoms. The summed E-state index contributed by atoms with van der Waals surface area (Å²) < 4.78 is 16.8. The van der Waals surface area contributed by atoms with Crippen LogP contribution in [0.3, 0.4) is 0 Å². The van der Waals surface area contributed by atoms with Gasteiger partial charge >= 0.3 is 0 Å². The highest BCUT2D eigenvalue weighted by molar-refractivity contribution is 5.52. The summed E-state index contributed by atoms with van der Waals surface area (Å²) in [6.07, 6.45) is 5.63. The second-order valence-corrected chi connectivity index (χ2v) is 5.77. The molecule has 1 atom stereocenters. The van der Waals surface area contributed by atoms with Gasteiger partial charge in [-0.1, -0.05) is 19.8 Å². The Labute approximate surface area is 120 Å². The van der Waals surface area contributed by atoms with Crippen molar-refractivity contribution in [3.8, 4) is 17.2 Å². The maximum Gasteiger partial charge on any atom is 0.231 e. The third kappa shape index (κ3) is 3.18.